The van der Waals surface area contributed by atoms with Gasteiger partial charge in [-0.05, 0) is 12.8 Å². The second kappa shape index (κ2) is 63.0. The topological polar surface area (TPSA) is 234 Å². The fraction of sp³-hybridized carbons (Fsp3) is 0.724. The minimum absolute atomic E-state index is 0. The third-order valence-electron chi connectivity index (χ3n) is 4.00. The Morgan fingerprint density at radius 2 is 0.480 bits per heavy atom. The van der Waals surface area contributed by atoms with E-state index >= 15 is 0 Å². The van der Waals surface area contributed by atoms with Crippen LogP contribution in [-0.4, -0.2) is 159 Å². The maximum Gasteiger partial charge on any atom is 0.0976 e. The monoisotopic (exact) mass is 1750 g/mol. The quantitative estimate of drug-likeness (QED) is 0.0407. The van der Waals surface area contributed by atoms with Gasteiger partial charge >= 0.3 is 0 Å². The van der Waals surface area contributed by atoms with Gasteiger partial charge in [0.15, 0.2) is 0 Å². The molecule has 0 bridgehead atoms. The van der Waals surface area contributed by atoms with Gasteiger partial charge in [-0.2, -0.15) is 0 Å². The largest absolute Gasteiger partial charge is 0.553 e. The molecule has 0 aliphatic rings. The smallest absolute Gasteiger partial charge is 0.0976 e. The number of aliphatic hydroxyl groups excluding tert-OH is 7. The van der Waals surface area contributed by atoms with Crippen LogP contribution >= 0.6 is 0 Å². The maximum absolute atomic E-state index is 9.00. The van der Waals surface area contributed by atoms with Gasteiger partial charge in [0.25, 0.3) is 0 Å². The molecule has 0 aromatic carbocycles. The van der Waals surface area contributed by atoms with Gasteiger partial charge in [-0.1, -0.05) is 0 Å². The van der Waals surface area contributed by atoms with Crippen molar-refractivity contribution in [2.45, 2.75) is 43.4 Å². The van der Waals surface area contributed by atoms with Crippen LogP contribution in [0.25, 0.3) is 0 Å². The molecule has 50 heavy (non-hydrogen) atoms. The van der Waals surface area contributed by atoms with Crippen LogP contribution in [0.4, 0.5) is 0 Å². The van der Waals surface area contributed by atoms with Crippen LogP contribution in [0.5, 0.6) is 0 Å². The normalized spacial score (nSPS) is 10.9. The molecule has 0 saturated heterocycles. The van der Waals surface area contributed by atoms with Crippen molar-refractivity contribution in [3.63, 3.8) is 0 Å². The van der Waals surface area contributed by atoms with Crippen molar-refractivity contribution in [1.82, 2.24) is 0 Å². The van der Waals surface area contributed by atoms with Gasteiger partial charge in [-0.15, -0.1) is 0 Å². The fourth-order valence-electron chi connectivity index (χ4n) is 2.10. The molecule has 0 aromatic rings. The minimum atomic E-state index is -0.619. The first-order chi connectivity index (χ1) is 22.0. The maximum atomic E-state index is 9.00. The summed E-state index contributed by atoms with van der Waals surface area (Å²) in [4.78, 5) is 0. The Kier molecular flexibility index (Phi) is 85.1. The van der Waals surface area contributed by atoms with E-state index in [0.29, 0.717) is 26.1 Å². The van der Waals surface area contributed by atoms with Crippen molar-refractivity contribution in [1.29, 1.82) is 0 Å². The molecule has 21 heteroatoms. The van der Waals surface area contributed by atoms with Crippen molar-refractivity contribution in [3.05, 3.63) is 56.9 Å². The standard InChI is InChI=1S/2C7H15O4.3C5H10O3.4Rf/c2*1-10-5-7(9)6-11-4-2-3-8;3*1-7-3-5(6)4-8-2;;;;/h2*7-9H,1-6H2;3*5-6H,1-4H2;;;;/q2*-1;3*-2;;;;. The van der Waals surface area contributed by atoms with Gasteiger partial charge in [0.1, 0.15) is 0 Å². The predicted octanol–water partition coefficient (Wildman–Crippen LogP) is -1.000. The van der Waals surface area contributed by atoms with E-state index in [9.17, 15) is 0 Å². The predicted molar refractivity (Wildman–Crippen MR) is 166 cm³/mol. The Bertz CT molecular complexity index is 432. The first-order valence-electron chi connectivity index (χ1n) is 13.8. The molecule has 0 aliphatic heterocycles. The van der Waals surface area contributed by atoms with Crippen LogP contribution in [0, 0.1) is 56.9 Å². The first kappa shape index (κ1) is 67.5. The van der Waals surface area contributed by atoms with Crippen LogP contribution < -0.4 is 0 Å². The second-order valence-corrected chi connectivity index (χ2v) is 8.54. The first-order valence-corrected chi connectivity index (χ1v) is 13.8. The summed E-state index contributed by atoms with van der Waals surface area (Å²) in [7, 11) is 24.7. The summed E-state index contributed by atoms with van der Waals surface area (Å²) < 4.78 is 44.9. The fourth-order valence-corrected chi connectivity index (χ4v) is 2.10. The van der Waals surface area contributed by atoms with Gasteiger partial charge in [-0.3, -0.25) is 0 Å². The molecule has 294 valence electrons. The van der Waals surface area contributed by atoms with Crippen molar-refractivity contribution in [2.24, 2.45) is 0 Å². The van der Waals surface area contributed by atoms with E-state index in [1.807, 2.05) is 0 Å². The molecular weight excluding hydrogens is 1690 g/mol. The Morgan fingerprint density at radius 1 is 0.320 bits per heavy atom. The van der Waals surface area contributed by atoms with Crippen molar-refractivity contribution in [2.75, 3.05) is 92.5 Å². The molecule has 0 rings (SSSR count). The summed E-state index contributed by atoms with van der Waals surface area (Å²) in [6.07, 6.45) is -1.87. The zero-order valence-corrected chi connectivity index (χ0v) is 55.5. The van der Waals surface area contributed by atoms with E-state index in [1.165, 1.54) is 0 Å². The molecule has 0 saturated carbocycles. The van der Waals surface area contributed by atoms with Crippen LogP contribution in [0.15, 0.2) is 0 Å². The summed E-state index contributed by atoms with van der Waals surface area (Å²) in [5, 5.41) is 60.9. The third kappa shape index (κ3) is 79.1. The molecule has 17 nitrogen and oxygen atoms in total. The van der Waals surface area contributed by atoms with E-state index in [2.05, 4.69) is 94.8 Å². The molecule has 0 aliphatic carbocycles. The summed E-state index contributed by atoms with van der Waals surface area (Å²) in [6, 6.07) is 0. The summed E-state index contributed by atoms with van der Waals surface area (Å²) in [5.41, 5.74) is 0. The summed E-state index contributed by atoms with van der Waals surface area (Å²) in [5.74, 6) is 0. The zero-order chi connectivity index (χ0) is 36.3. The molecule has 2 atom stereocenters. The minimum Gasteiger partial charge on any atom is -0.553 e. The Hall–Kier alpha value is -4.68. The number of hydrogen-bond donors (Lipinski definition) is 7. The van der Waals surface area contributed by atoms with Crippen molar-refractivity contribution < 1.29 is 83.1 Å². The van der Waals surface area contributed by atoms with Gasteiger partial charge < -0.3 is 83.1 Å². The molecule has 0 fully saturated rings. The SMILES string of the molecule is [CH2-]OCC(O)COCCCO.[CH2-]OCC(O)COCCCO.[CH2-]OCC(O)CO[CH2-].[CH2-]OCC(O)CO[CH2-].[CH2-]OCC(O)CO[CH2-].[Rf].[Rf].[Rf].[Rf]. The zero-order valence-electron chi connectivity index (χ0n) is 29.9. The van der Waals surface area contributed by atoms with E-state index in [4.69, 9.17) is 45.2 Å². The molecule has 0 radical (unpaired) electrons. The average Bonchev–Trinajstić information content (AvgIpc) is 3.00. The van der Waals surface area contributed by atoms with Gasteiger partial charge in [0.2, 0.25) is 0 Å². The molecule has 7 N–H and O–H groups in total. The van der Waals surface area contributed by atoms with Gasteiger partial charge in [0, 0.05) is 79.3 Å². The molecule has 0 spiro atoms. The van der Waals surface area contributed by atoms with Crippen LogP contribution in [0.1, 0.15) is 12.8 Å². The number of aliphatic hydroxyl groups is 7. The average molecular weight is 1750 g/mol. The summed E-state index contributed by atoms with van der Waals surface area (Å²) in [6.45, 7) is 3.11. The van der Waals surface area contributed by atoms with Crippen LogP contribution in [-0.2, 0) is 47.4 Å². The Labute approximate surface area is 276 Å². The number of ether oxygens (including phenoxy) is 10. The van der Waals surface area contributed by atoms with Crippen molar-refractivity contribution in [3.8, 4) is 0 Å². The van der Waals surface area contributed by atoms with Gasteiger partial charge in [-0.25, -0.2) is 56.9 Å². The van der Waals surface area contributed by atoms with Gasteiger partial charge in [0.05, 0.1) is 43.7 Å². The molecule has 0 heterocycles. The van der Waals surface area contributed by atoms with E-state index in [1.54, 1.807) is 0 Å². The van der Waals surface area contributed by atoms with Crippen LogP contribution in [0.3, 0.4) is 0 Å². The van der Waals surface area contributed by atoms with Crippen molar-refractivity contribution >= 4 is 0 Å². The van der Waals surface area contributed by atoms with E-state index < -0.39 is 30.5 Å². The Morgan fingerprint density at radius 3 is 0.620 bits per heavy atom. The molecule has 0 amide bonds. The molecular formula is C29H60O17Rf4-8. The number of rotatable bonds is 26. The van der Waals surface area contributed by atoms with E-state index in [-0.39, 0.29) is 79.3 Å². The molecule has 2 unspecified atom stereocenters. The number of hydrogen-bond acceptors (Lipinski definition) is 17. The summed E-state index contributed by atoms with van der Waals surface area (Å²) >= 11 is 0. The molecule has 0 aromatic heterocycles. The second-order valence-electron chi connectivity index (χ2n) is 8.54. The Balaban J connectivity index is -0.0000000593. The van der Waals surface area contributed by atoms with Crippen LogP contribution in [0.2, 0.25) is 0 Å². The third-order valence-corrected chi connectivity index (χ3v) is 4.00. The van der Waals surface area contributed by atoms with E-state index in [0.717, 1.165) is 0 Å².